The van der Waals surface area contributed by atoms with Crippen molar-refractivity contribution >= 4 is 23.7 Å². The van der Waals surface area contributed by atoms with Gasteiger partial charge in [-0.3, -0.25) is 24.5 Å². The second-order valence-electron chi connectivity index (χ2n) is 6.06. The molecule has 1 aliphatic rings. The number of ether oxygens (including phenoxy) is 1. The van der Waals surface area contributed by atoms with Crippen LogP contribution in [0.1, 0.15) is 40.5 Å². The number of carbonyl (C=O) groups excluding carboxylic acids is 4. The van der Waals surface area contributed by atoms with Crippen LogP contribution in [0.25, 0.3) is 0 Å². The lowest BCUT2D eigenvalue weighted by Crippen LogP contribution is -2.55. The van der Waals surface area contributed by atoms with Gasteiger partial charge >= 0.3 is 5.97 Å². The highest BCUT2D eigenvalue weighted by Crippen LogP contribution is 2.27. The van der Waals surface area contributed by atoms with Gasteiger partial charge in [-0.25, -0.2) is 0 Å². The first kappa shape index (κ1) is 17.1. The lowest BCUT2D eigenvalue weighted by Gasteiger charge is -2.30. The Balaban J connectivity index is 2.80. The van der Waals surface area contributed by atoms with Gasteiger partial charge in [0.2, 0.25) is 17.7 Å². The van der Waals surface area contributed by atoms with Crippen LogP contribution in [0.3, 0.4) is 0 Å². The van der Waals surface area contributed by atoms with Crippen molar-refractivity contribution < 1.29 is 23.9 Å². The summed E-state index contributed by atoms with van der Waals surface area (Å²) in [6.07, 6.45) is 0.395. The van der Waals surface area contributed by atoms with Crippen LogP contribution in [-0.4, -0.2) is 36.3 Å². The van der Waals surface area contributed by atoms with Crippen molar-refractivity contribution in [3.05, 3.63) is 0 Å². The molecule has 0 spiro atoms. The normalized spacial score (nSPS) is 20.5. The highest BCUT2D eigenvalue weighted by molar-refractivity contribution is 6.04. The van der Waals surface area contributed by atoms with E-state index in [1.807, 2.05) is 0 Å². The second-order valence-corrected chi connectivity index (χ2v) is 6.06. The minimum absolute atomic E-state index is 0.163. The molecule has 1 rings (SSSR count). The van der Waals surface area contributed by atoms with Gasteiger partial charge in [-0.2, -0.15) is 0 Å². The Hall–Kier alpha value is -1.92. The average Bonchev–Trinajstić information content (AvgIpc) is 2.31. The Labute approximate surface area is 123 Å². The molecule has 0 aromatic carbocycles. The van der Waals surface area contributed by atoms with Crippen molar-refractivity contribution in [1.29, 1.82) is 0 Å². The lowest BCUT2D eigenvalue weighted by molar-refractivity contribution is -0.157. The largest absolute Gasteiger partial charge is 0.465 e. The number of imide groups is 1. The zero-order chi connectivity index (χ0) is 16.2. The molecule has 0 aromatic heterocycles. The summed E-state index contributed by atoms with van der Waals surface area (Å²) in [5, 5.41) is 4.69. The van der Waals surface area contributed by atoms with Crippen LogP contribution in [0.2, 0.25) is 0 Å². The van der Waals surface area contributed by atoms with E-state index in [1.54, 1.807) is 27.7 Å². The molecule has 0 saturated carbocycles. The predicted molar refractivity (Wildman–Crippen MR) is 73.9 cm³/mol. The molecule has 0 aliphatic carbocycles. The molecule has 118 valence electrons. The molecule has 2 unspecified atom stereocenters. The zero-order valence-corrected chi connectivity index (χ0v) is 12.8. The standard InChI is InChI=1S/C14H22N2O5/c1-5-21-13(20)10(14(2,3)4)12(19)15-8-6-7-9(17)16-11(8)18/h8,10H,5-7H2,1-4H3,(H,15,19)(H,16,17,18). The fourth-order valence-corrected chi connectivity index (χ4v) is 2.17. The third-order valence-electron chi connectivity index (χ3n) is 3.21. The quantitative estimate of drug-likeness (QED) is 0.436. The number of nitrogens with one attached hydrogen (secondary N) is 2. The summed E-state index contributed by atoms with van der Waals surface area (Å²) in [7, 11) is 0. The summed E-state index contributed by atoms with van der Waals surface area (Å²) in [5.41, 5.74) is -0.642. The number of carbonyl (C=O) groups is 4. The Morgan fingerprint density at radius 2 is 2.00 bits per heavy atom. The van der Waals surface area contributed by atoms with Crippen LogP contribution in [0.5, 0.6) is 0 Å². The highest BCUT2D eigenvalue weighted by Gasteiger charge is 2.40. The van der Waals surface area contributed by atoms with Gasteiger partial charge in [0, 0.05) is 6.42 Å². The van der Waals surface area contributed by atoms with Gasteiger partial charge in [0.1, 0.15) is 12.0 Å². The Morgan fingerprint density at radius 3 is 2.48 bits per heavy atom. The molecular weight excluding hydrogens is 276 g/mol. The van der Waals surface area contributed by atoms with Crippen LogP contribution < -0.4 is 10.6 Å². The molecule has 0 aromatic rings. The molecular formula is C14H22N2O5. The fourth-order valence-electron chi connectivity index (χ4n) is 2.17. The van der Waals surface area contributed by atoms with Crippen molar-refractivity contribution in [3.8, 4) is 0 Å². The van der Waals surface area contributed by atoms with E-state index in [0.717, 1.165) is 0 Å². The molecule has 0 bridgehead atoms. The van der Waals surface area contributed by atoms with E-state index in [1.165, 1.54) is 0 Å². The smallest absolute Gasteiger partial charge is 0.319 e. The molecule has 1 fully saturated rings. The number of hydrogen-bond acceptors (Lipinski definition) is 5. The van der Waals surface area contributed by atoms with Gasteiger partial charge in [-0.15, -0.1) is 0 Å². The molecule has 0 radical (unpaired) electrons. The molecule has 2 N–H and O–H groups in total. The number of esters is 1. The summed E-state index contributed by atoms with van der Waals surface area (Å²) >= 11 is 0. The molecule has 1 aliphatic heterocycles. The van der Waals surface area contributed by atoms with Gasteiger partial charge < -0.3 is 10.1 Å². The second kappa shape index (κ2) is 6.69. The van der Waals surface area contributed by atoms with E-state index >= 15 is 0 Å². The van der Waals surface area contributed by atoms with Gasteiger partial charge in [0.25, 0.3) is 0 Å². The van der Waals surface area contributed by atoms with E-state index in [4.69, 9.17) is 4.74 Å². The van der Waals surface area contributed by atoms with Gasteiger partial charge in [0.15, 0.2) is 0 Å². The summed E-state index contributed by atoms with van der Waals surface area (Å²) in [6.45, 7) is 7.09. The first-order valence-electron chi connectivity index (χ1n) is 6.97. The molecule has 1 saturated heterocycles. The topological polar surface area (TPSA) is 102 Å². The summed E-state index contributed by atoms with van der Waals surface area (Å²) in [5.74, 6) is -3.09. The van der Waals surface area contributed by atoms with Crippen molar-refractivity contribution in [3.63, 3.8) is 0 Å². The maximum absolute atomic E-state index is 12.3. The number of rotatable bonds is 4. The van der Waals surface area contributed by atoms with Crippen molar-refractivity contribution in [2.45, 2.75) is 46.6 Å². The zero-order valence-electron chi connectivity index (χ0n) is 12.8. The monoisotopic (exact) mass is 298 g/mol. The Bertz CT molecular complexity index is 453. The SMILES string of the molecule is CCOC(=O)C(C(=O)NC1CCC(=O)NC1=O)C(C)(C)C. The van der Waals surface area contributed by atoms with Crippen LogP contribution in [0.15, 0.2) is 0 Å². The van der Waals surface area contributed by atoms with Crippen LogP contribution in [0.4, 0.5) is 0 Å². The maximum atomic E-state index is 12.3. The number of amides is 3. The van der Waals surface area contributed by atoms with E-state index in [2.05, 4.69) is 10.6 Å². The minimum atomic E-state index is -1.01. The van der Waals surface area contributed by atoms with E-state index in [0.29, 0.717) is 0 Å². The van der Waals surface area contributed by atoms with Crippen LogP contribution in [0, 0.1) is 11.3 Å². The summed E-state index contributed by atoms with van der Waals surface area (Å²) in [4.78, 5) is 47.0. The highest BCUT2D eigenvalue weighted by atomic mass is 16.5. The molecule has 1 heterocycles. The fraction of sp³-hybridized carbons (Fsp3) is 0.714. The summed E-state index contributed by atoms with van der Waals surface area (Å²) < 4.78 is 4.93. The van der Waals surface area contributed by atoms with Crippen LogP contribution in [-0.2, 0) is 23.9 Å². The van der Waals surface area contributed by atoms with Crippen molar-refractivity contribution in [1.82, 2.24) is 10.6 Å². The molecule has 7 heteroatoms. The minimum Gasteiger partial charge on any atom is -0.465 e. The van der Waals surface area contributed by atoms with Crippen LogP contribution >= 0.6 is 0 Å². The van der Waals surface area contributed by atoms with E-state index < -0.39 is 35.2 Å². The third-order valence-corrected chi connectivity index (χ3v) is 3.21. The molecule has 2 atom stereocenters. The number of piperidine rings is 1. The average molecular weight is 298 g/mol. The first-order chi connectivity index (χ1) is 9.66. The lowest BCUT2D eigenvalue weighted by atomic mass is 9.80. The Kier molecular flexibility index (Phi) is 5.46. The number of hydrogen-bond donors (Lipinski definition) is 2. The van der Waals surface area contributed by atoms with E-state index in [-0.39, 0.29) is 25.4 Å². The van der Waals surface area contributed by atoms with Gasteiger partial charge in [-0.05, 0) is 18.8 Å². The molecule has 21 heavy (non-hydrogen) atoms. The summed E-state index contributed by atoms with van der Waals surface area (Å²) in [6, 6.07) is -0.797. The Morgan fingerprint density at radius 1 is 1.38 bits per heavy atom. The molecule has 3 amide bonds. The van der Waals surface area contributed by atoms with Crippen molar-refractivity contribution in [2.24, 2.45) is 11.3 Å². The first-order valence-corrected chi connectivity index (χ1v) is 6.97. The predicted octanol–water partition coefficient (Wildman–Crippen LogP) is 0.133. The molecule has 7 nitrogen and oxygen atoms in total. The van der Waals surface area contributed by atoms with E-state index in [9.17, 15) is 19.2 Å². The van der Waals surface area contributed by atoms with Gasteiger partial charge in [0.05, 0.1) is 6.61 Å². The third kappa shape index (κ3) is 4.54. The van der Waals surface area contributed by atoms with Crippen molar-refractivity contribution in [2.75, 3.05) is 6.61 Å². The van der Waals surface area contributed by atoms with Gasteiger partial charge in [-0.1, -0.05) is 20.8 Å². The maximum Gasteiger partial charge on any atom is 0.319 e.